The van der Waals surface area contributed by atoms with Crippen molar-refractivity contribution in [1.29, 1.82) is 0 Å². The molecule has 2 atom stereocenters. The van der Waals surface area contributed by atoms with Gasteiger partial charge in [0.15, 0.2) is 0 Å². The molecule has 0 amide bonds. The summed E-state index contributed by atoms with van der Waals surface area (Å²) in [5.74, 6) is -0.193. The van der Waals surface area contributed by atoms with Crippen molar-refractivity contribution in [3.8, 4) is 0 Å². The first kappa shape index (κ1) is 15.0. The molecule has 110 valence electrons. The smallest absolute Gasteiger partial charge is 0.379 e. The lowest BCUT2D eigenvalue weighted by Crippen LogP contribution is -2.45. The molecule has 2 rings (SSSR count). The van der Waals surface area contributed by atoms with Crippen LogP contribution in [0, 0.1) is 5.41 Å². The Hall–Kier alpha value is -1.40. The van der Waals surface area contributed by atoms with E-state index in [2.05, 4.69) is 0 Å². The second-order valence-corrected chi connectivity index (χ2v) is 5.34. The van der Waals surface area contributed by atoms with Crippen LogP contribution in [0.15, 0.2) is 24.3 Å². The zero-order valence-corrected chi connectivity index (χ0v) is 11.0. The van der Waals surface area contributed by atoms with Gasteiger partial charge in [0.1, 0.15) is 5.78 Å². The molecule has 0 radical (unpaired) electrons. The summed E-state index contributed by atoms with van der Waals surface area (Å²) in [5.41, 5.74) is 4.60. The molecule has 1 aromatic rings. The van der Waals surface area contributed by atoms with Gasteiger partial charge in [-0.3, -0.25) is 4.79 Å². The van der Waals surface area contributed by atoms with Gasteiger partial charge < -0.3 is 10.5 Å². The van der Waals surface area contributed by atoms with Gasteiger partial charge in [0.05, 0.1) is 24.2 Å². The normalized spacial score (nSPS) is 26.8. The molecule has 1 aliphatic heterocycles. The Kier molecular flexibility index (Phi) is 3.88. The maximum atomic E-state index is 12.6. The van der Waals surface area contributed by atoms with E-state index < -0.39 is 23.2 Å². The van der Waals surface area contributed by atoms with E-state index in [9.17, 15) is 18.0 Å². The average molecular weight is 287 g/mol. The Morgan fingerprint density at radius 1 is 1.50 bits per heavy atom. The van der Waals surface area contributed by atoms with Gasteiger partial charge in [0, 0.05) is 12.5 Å². The summed E-state index contributed by atoms with van der Waals surface area (Å²) in [5, 5.41) is 0. The molecule has 3 nitrogen and oxygen atoms in total. The fraction of sp³-hybridized carbons (Fsp3) is 0.500. The molecule has 2 N–H and O–H groups in total. The summed E-state index contributed by atoms with van der Waals surface area (Å²) in [4.78, 5) is 12.3. The molecule has 20 heavy (non-hydrogen) atoms. The predicted octanol–water partition coefficient (Wildman–Crippen LogP) is 2.18. The molecule has 0 aliphatic carbocycles. The van der Waals surface area contributed by atoms with Crippen LogP contribution in [-0.2, 0) is 22.1 Å². The molecular formula is C14H16F3NO2. The Morgan fingerprint density at radius 2 is 2.20 bits per heavy atom. The highest BCUT2D eigenvalue weighted by Gasteiger charge is 2.43. The molecular weight excluding hydrogens is 271 g/mol. The Bertz CT molecular complexity index is 515. The molecule has 0 saturated carbocycles. The van der Waals surface area contributed by atoms with Crippen LogP contribution in [0.3, 0.4) is 0 Å². The molecule has 1 heterocycles. The van der Waals surface area contributed by atoms with Crippen molar-refractivity contribution < 1.29 is 22.7 Å². The monoisotopic (exact) mass is 287 g/mol. The van der Waals surface area contributed by atoms with E-state index >= 15 is 0 Å². The zero-order valence-electron chi connectivity index (χ0n) is 11.0. The first-order valence-corrected chi connectivity index (χ1v) is 6.26. The largest absolute Gasteiger partial charge is 0.416 e. The van der Waals surface area contributed by atoms with E-state index in [1.165, 1.54) is 12.1 Å². The SMILES string of the molecule is CC1(C(=O)Cc2cccc(C(F)(F)F)c2)COCC1N. The van der Waals surface area contributed by atoms with Gasteiger partial charge in [0.2, 0.25) is 0 Å². The number of ether oxygens (including phenoxy) is 1. The molecule has 0 aromatic heterocycles. The molecule has 2 unspecified atom stereocenters. The molecule has 6 heteroatoms. The number of nitrogens with two attached hydrogens (primary N) is 1. The minimum Gasteiger partial charge on any atom is -0.379 e. The highest BCUT2D eigenvalue weighted by Crippen LogP contribution is 2.32. The van der Waals surface area contributed by atoms with E-state index in [0.29, 0.717) is 12.2 Å². The molecule has 1 saturated heterocycles. The maximum Gasteiger partial charge on any atom is 0.416 e. The topological polar surface area (TPSA) is 52.3 Å². The van der Waals surface area contributed by atoms with Gasteiger partial charge in [-0.05, 0) is 18.6 Å². The Morgan fingerprint density at radius 3 is 2.75 bits per heavy atom. The molecule has 1 aromatic carbocycles. The minimum atomic E-state index is -4.41. The van der Waals surface area contributed by atoms with Gasteiger partial charge in [-0.1, -0.05) is 18.2 Å². The van der Waals surface area contributed by atoms with E-state index in [1.807, 2.05) is 0 Å². The fourth-order valence-electron chi connectivity index (χ4n) is 2.22. The summed E-state index contributed by atoms with van der Waals surface area (Å²) in [6.07, 6.45) is -4.48. The van der Waals surface area contributed by atoms with Crippen LogP contribution in [0.25, 0.3) is 0 Å². The van der Waals surface area contributed by atoms with Gasteiger partial charge in [-0.2, -0.15) is 13.2 Å². The average Bonchev–Trinajstić information content (AvgIpc) is 2.70. The second-order valence-electron chi connectivity index (χ2n) is 5.34. The number of halogens is 3. The van der Waals surface area contributed by atoms with Gasteiger partial charge in [0.25, 0.3) is 0 Å². The van der Waals surface area contributed by atoms with Crippen molar-refractivity contribution in [2.45, 2.75) is 25.6 Å². The fourth-order valence-corrected chi connectivity index (χ4v) is 2.22. The number of carbonyl (C=O) groups is 1. The molecule has 0 bridgehead atoms. The Labute approximate surface area is 114 Å². The predicted molar refractivity (Wildman–Crippen MR) is 67.1 cm³/mol. The lowest BCUT2D eigenvalue weighted by molar-refractivity contribution is -0.137. The van der Waals surface area contributed by atoms with Crippen molar-refractivity contribution in [2.24, 2.45) is 11.1 Å². The number of Topliss-reactive ketones (excluding diaryl/α,β-unsaturated/α-hetero) is 1. The van der Waals surface area contributed by atoms with Crippen LogP contribution in [0.2, 0.25) is 0 Å². The van der Waals surface area contributed by atoms with Gasteiger partial charge >= 0.3 is 6.18 Å². The lowest BCUT2D eigenvalue weighted by atomic mass is 9.79. The van der Waals surface area contributed by atoms with Gasteiger partial charge in [-0.25, -0.2) is 0 Å². The van der Waals surface area contributed by atoms with E-state index in [-0.39, 0.29) is 18.8 Å². The number of alkyl halides is 3. The standard InChI is InChI=1S/C14H16F3NO2/c1-13(8-20-7-11(13)18)12(19)6-9-3-2-4-10(5-9)14(15,16)17/h2-5,11H,6-8,18H2,1H3. The summed E-state index contributed by atoms with van der Waals surface area (Å²) in [6.45, 7) is 2.21. The molecule has 1 aliphatic rings. The number of ketones is 1. The van der Waals surface area contributed by atoms with Crippen molar-refractivity contribution in [3.05, 3.63) is 35.4 Å². The Balaban J connectivity index is 2.16. The first-order valence-electron chi connectivity index (χ1n) is 6.26. The van der Waals surface area contributed by atoms with E-state index in [0.717, 1.165) is 12.1 Å². The third-order valence-corrected chi connectivity index (χ3v) is 3.77. The van der Waals surface area contributed by atoms with Crippen LogP contribution in [-0.4, -0.2) is 25.0 Å². The maximum absolute atomic E-state index is 12.6. The van der Waals surface area contributed by atoms with Crippen LogP contribution < -0.4 is 5.73 Å². The quantitative estimate of drug-likeness (QED) is 0.927. The highest BCUT2D eigenvalue weighted by molar-refractivity contribution is 5.87. The van der Waals surface area contributed by atoms with Crippen molar-refractivity contribution >= 4 is 5.78 Å². The van der Waals surface area contributed by atoms with Crippen molar-refractivity contribution in [3.63, 3.8) is 0 Å². The van der Waals surface area contributed by atoms with Crippen LogP contribution in [0.4, 0.5) is 13.2 Å². The van der Waals surface area contributed by atoms with Crippen LogP contribution in [0.1, 0.15) is 18.1 Å². The highest BCUT2D eigenvalue weighted by atomic mass is 19.4. The van der Waals surface area contributed by atoms with Crippen LogP contribution in [0.5, 0.6) is 0 Å². The first-order chi connectivity index (χ1) is 9.23. The second kappa shape index (κ2) is 5.18. The summed E-state index contributed by atoms with van der Waals surface area (Å²) >= 11 is 0. The number of hydrogen-bond acceptors (Lipinski definition) is 3. The third-order valence-electron chi connectivity index (χ3n) is 3.77. The number of rotatable bonds is 3. The number of benzene rings is 1. The lowest BCUT2D eigenvalue weighted by Gasteiger charge is -2.25. The van der Waals surface area contributed by atoms with Gasteiger partial charge in [-0.15, -0.1) is 0 Å². The number of carbonyl (C=O) groups excluding carboxylic acids is 1. The van der Waals surface area contributed by atoms with E-state index in [4.69, 9.17) is 10.5 Å². The third kappa shape index (κ3) is 2.86. The van der Waals surface area contributed by atoms with Crippen LogP contribution >= 0.6 is 0 Å². The summed E-state index contributed by atoms with van der Waals surface area (Å²) < 4.78 is 43.0. The van der Waals surface area contributed by atoms with Crippen molar-refractivity contribution in [1.82, 2.24) is 0 Å². The minimum absolute atomic E-state index is 0.0719. The summed E-state index contributed by atoms with van der Waals surface area (Å²) in [6, 6.07) is 4.39. The zero-order chi connectivity index (χ0) is 15.0. The van der Waals surface area contributed by atoms with E-state index in [1.54, 1.807) is 6.92 Å². The number of hydrogen-bond donors (Lipinski definition) is 1. The molecule has 0 spiro atoms. The summed E-state index contributed by atoms with van der Waals surface area (Å²) in [7, 11) is 0. The van der Waals surface area contributed by atoms with Crippen molar-refractivity contribution in [2.75, 3.05) is 13.2 Å². The molecule has 1 fully saturated rings.